The molecule has 1 nitrogen and oxygen atoms in total. The maximum absolute atomic E-state index is 14.0. The van der Waals surface area contributed by atoms with E-state index in [0.717, 1.165) is 6.07 Å². The zero-order valence-corrected chi connectivity index (χ0v) is 10.9. The molecule has 0 aliphatic rings. The van der Waals surface area contributed by atoms with Crippen molar-refractivity contribution >= 4 is 6.08 Å². The van der Waals surface area contributed by atoms with Crippen LogP contribution >= 0.6 is 0 Å². The van der Waals surface area contributed by atoms with Crippen LogP contribution in [0.4, 0.5) is 13.2 Å². The highest BCUT2D eigenvalue weighted by atomic mass is 19.2. The monoisotopic (exact) mass is 278 g/mol. The minimum absolute atomic E-state index is 0.0135. The first-order valence-electron chi connectivity index (χ1n) is 6.11. The van der Waals surface area contributed by atoms with Gasteiger partial charge in [0, 0.05) is 11.1 Å². The van der Waals surface area contributed by atoms with Crippen molar-refractivity contribution in [3.05, 3.63) is 59.9 Å². The second-order valence-electron chi connectivity index (χ2n) is 4.11. The molecule has 0 radical (unpaired) electrons. The number of ether oxygens (including phenoxy) is 1. The Labute approximate surface area is 115 Å². The second kappa shape index (κ2) is 5.82. The summed E-state index contributed by atoms with van der Waals surface area (Å²) >= 11 is 0. The standard InChI is InChI=1S/C16H13F3O/c1-3-10-5-6-11(9-13(10)17)12-7-8-14(20-4-2)16(19)15(12)18/h3,5-9H,1,4H2,2H3. The van der Waals surface area contributed by atoms with Gasteiger partial charge in [-0.2, -0.15) is 4.39 Å². The molecular formula is C16H13F3O. The highest BCUT2D eigenvalue weighted by Crippen LogP contribution is 2.30. The Kier molecular flexibility index (Phi) is 4.13. The van der Waals surface area contributed by atoms with Crippen LogP contribution in [-0.2, 0) is 0 Å². The lowest BCUT2D eigenvalue weighted by Gasteiger charge is -2.09. The number of hydrogen-bond donors (Lipinski definition) is 0. The van der Waals surface area contributed by atoms with Gasteiger partial charge in [0.15, 0.2) is 11.6 Å². The Balaban J connectivity index is 2.50. The highest BCUT2D eigenvalue weighted by molar-refractivity contribution is 5.67. The normalized spacial score (nSPS) is 10.4. The van der Waals surface area contributed by atoms with E-state index < -0.39 is 17.5 Å². The molecular weight excluding hydrogens is 265 g/mol. The summed E-state index contributed by atoms with van der Waals surface area (Å²) < 4.78 is 46.4. The van der Waals surface area contributed by atoms with E-state index in [-0.39, 0.29) is 23.5 Å². The zero-order chi connectivity index (χ0) is 14.7. The second-order valence-corrected chi connectivity index (χ2v) is 4.11. The van der Waals surface area contributed by atoms with Crippen LogP contribution in [0.1, 0.15) is 12.5 Å². The van der Waals surface area contributed by atoms with E-state index in [4.69, 9.17) is 4.74 Å². The van der Waals surface area contributed by atoms with E-state index in [0.29, 0.717) is 5.56 Å². The highest BCUT2D eigenvalue weighted by Gasteiger charge is 2.16. The van der Waals surface area contributed by atoms with E-state index in [9.17, 15) is 13.2 Å². The third-order valence-corrected chi connectivity index (χ3v) is 2.88. The molecule has 2 aromatic rings. The van der Waals surface area contributed by atoms with E-state index in [1.807, 2.05) is 0 Å². The molecule has 104 valence electrons. The lowest BCUT2D eigenvalue weighted by Crippen LogP contribution is -1.98. The van der Waals surface area contributed by atoms with E-state index in [1.54, 1.807) is 6.92 Å². The summed E-state index contributed by atoms with van der Waals surface area (Å²) in [6.45, 7) is 5.38. The summed E-state index contributed by atoms with van der Waals surface area (Å²) in [6, 6.07) is 6.82. The van der Waals surface area contributed by atoms with Gasteiger partial charge in [0.25, 0.3) is 0 Å². The molecule has 0 aliphatic heterocycles. The molecule has 4 heteroatoms. The van der Waals surface area contributed by atoms with Crippen molar-refractivity contribution in [3.8, 4) is 16.9 Å². The third kappa shape index (κ3) is 2.54. The first-order chi connectivity index (χ1) is 9.58. The molecule has 2 rings (SSSR count). The number of rotatable bonds is 4. The van der Waals surface area contributed by atoms with Crippen molar-refractivity contribution in [1.82, 2.24) is 0 Å². The lowest BCUT2D eigenvalue weighted by molar-refractivity contribution is 0.314. The molecule has 0 heterocycles. The van der Waals surface area contributed by atoms with Crippen molar-refractivity contribution < 1.29 is 17.9 Å². The van der Waals surface area contributed by atoms with Crippen molar-refractivity contribution in [3.63, 3.8) is 0 Å². The van der Waals surface area contributed by atoms with Crippen LogP contribution < -0.4 is 4.74 Å². The van der Waals surface area contributed by atoms with Crippen LogP contribution in [0.5, 0.6) is 5.75 Å². The van der Waals surface area contributed by atoms with Crippen LogP contribution in [-0.4, -0.2) is 6.61 Å². The van der Waals surface area contributed by atoms with Crippen LogP contribution in [0, 0.1) is 17.5 Å². The Morgan fingerprint density at radius 2 is 1.85 bits per heavy atom. The van der Waals surface area contributed by atoms with Gasteiger partial charge in [-0.05, 0) is 30.7 Å². The van der Waals surface area contributed by atoms with Crippen LogP contribution in [0.2, 0.25) is 0 Å². The fourth-order valence-corrected chi connectivity index (χ4v) is 1.88. The maximum Gasteiger partial charge on any atom is 0.201 e. The predicted octanol–water partition coefficient (Wildman–Crippen LogP) is 4.81. The van der Waals surface area contributed by atoms with Crippen molar-refractivity contribution in [1.29, 1.82) is 0 Å². The molecule has 0 unspecified atom stereocenters. The SMILES string of the molecule is C=Cc1ccc(-c2ccc(OCC)c(F)c2F)cc1F. The summed E-state index contributed by atoms with van der Waals surface area (Å²) in [5.41, 5.74) is 0.550. The van der Waals surface area contributed by atoms with Gasteiger partial charge >= 0.3 is 0 Å². The van der Waals surface area contributed by atoms with Crippen LogP contribution in [0.15, 0.2) is 36.9 Å². The first-order valence-corrected chi connectivity index (χ1v) is 6.11. The lowest BCUT2D eigenvalue weighted by atomic mass is 10.0. The van der Waals surface area contributed by atoms with Gasteiger partial charge < -0.3 is 4.74 Å². The van der Waals surface area contributed by atoms with Gasteiger partial charge in [-0.1, -0.05) is 24.8 Å². The largest absolute Gasteiger partial charge is 0.491 e. The molecule has 0 saturated carbocycles. The van der Waals surface area contributed by atoms with Gasteiger partial charge in [0.2, 0.25) is 5.82 Å². The van der Waals surface area contributed by atoms with Gasteiger partial charge in [-0.3, -0.25) is 0 Å². The Morgan fingerprint density at radius 1 is 1.10 bits per heavy atom. The van der Waals surface area contributed by atoms with E-state index in [2.05, 4.69) is 6.58 Å². The molecule has 0 amide bonds. The Morgan fingerprint density at radius 3 is 2.45 bits per heavy atom. The molecule has 0 bridgehead atoms. The topological polar surface area (TPSA) is 9.23 Å². The smallest absolute Gasteiger partial charge is 0.201 e. The summed E-state index contributed by atoms with van der Waals surface area (Å²) in [6.07, 6.45) is 1.36. The molecule has 0 atom stereocenters. The molecule has 0 aromatic heterocycles. The summed E-state index contributed by atoms with van der Waals surface area (Å²) in [5, 5.41) is 0. The number of benzene rings is 2. The van der Waals surface area contributed by atoms with E-state index >= 15 is 0 Å². The Bertz CT molecular complexity index is 650. The van der Waals surface area contributed by atoms with Crippen molar-refractivity contribution in [2.45, 2.75) is 6.92 Å². The molecule has 2 aromatic carbocycles. The van der Waals surface area contributed by atoms with Gasteiger partial charge in [0.1, 0.15) is 5.82 Å². The fraction of sp³-hybridized carbons (Fsp3) is 0.125. The van der Waals surface area contributed by atoms with Gasteiger partial charge in [-0.25, -0.2) is 8.78 Å². The molecule has 20 heavy (non-hydrogen) atoms. The quantitative estimate of drug-likeness (QED) is 0.779. The Hall–Kier alpha value is -2.23. The van der Waals surface area contributed by atoms with Crippen LogP contribution in [0.25, 0.3) is 17.2 Å². The summed E-state index contributed by atoms with van der Waals surface area (Å²) in [5.74, 6) is -2.82. The van der Waals surface area contributed by atoms with Crippen molar-refractivity contribution in [2.75, 3.05) is 6.61 Å². The molecule has 0 aliphatic carbocycles. The average molecular weight is 278 g/mol. The zero-order valence-electron chi connectivity index (χ0n) is 10.9. The molecule has 0 spiro atoms. The fourth-order valence-electron chi connectivity index (χ4n) is 1.88. The maximum atomic E-state index is 14.0. The number of halogens is 3. The molecule has 0 N–H and O–H groups in total. The minimum Gasteiger partial charge on any atom is -0.491 e. The van der Waals surface area contributed by atoms with Gasteiger partial charge in [-0.15, -0.1) is 0 Å². The minimum atomic E-state index is -1.07. The van der Waals surface area contributed by atoms with E-state index in [1.165, 1.54) is 30.3 Å². The van der Waals surface area contributed by atoms with Crippen molar-refractivity contribution in [2.24, 2.45) is 0 Å². The van der Waals surface area contributed by atoms with Gasteiger partial charge in [0.05, 0.1) is 6.61 Å². The summed E-state index contributed by atoms with van der Waals surface area (Å²) in [7, 11) is 0. The van der Waals surface area contributed by atoms with Crippen LogP contribution in [0.3, 0.4) is 0 Å². The predicted molar refractivity (Wildman–Crippen MR) is 73.0 cm³/mol. The summed E-state index contributed by atoms with van der Waals surface area (Å²) in [4.78, 5) is 0. The number of hydrogen-bond acceptors (Lipinski definition) is 1. The first kappa shape index (κ1) is 14.2. The molecule has 0 fully saturated rings. The average Bonchev–Trinajstić information content (AvgIpc) is 2.44. The third-order valence-electron chi connectivity index (χ3n) is 2.88. The molecule has 0 saturated heterocycles.